The zero-order valence-electron chi connectivity index (χ0n) is 12.5. The number of methoxy groups -OCH3 is 1. The van der Waals surface area contributed by atoms with Crippen LogP contribution in [-0.4, -0.2) is 25.3 Å². The summed E-state index contributed by atoms with van der Waals surface area (Å²) < 4.78 is 5.09. The maximum absolute atomic E-state index is 11.8. The highest BCUT2D eigenvalue weighted by Gasteiger charge is 2.13. The lowest BCUT2D eigenvalue weighted by Crippen LogP contribution is -2.33. The van der Waals surface area contributed by atoms with Gasteiger partial charge in [0.2, 0.25) is 5.78 Å². The molecule has 0 saturated carbocycles. The first-order valence-corrected chi connectivity index (χ1v) is 7.17. The van der Waals surface area contributed by atoms with Gasteiger partial charge in [0.25, 0.3) is 5.91 Å². The highest BCUT2D eigenvalue weighted by atomic mass is 16.5. The molecule has 0 spiro atoms. The van der Waals surface area contributed by atoms with E-state index in [1.54, 1.807) is 7.11 Å². The average Bonchev–Trinajstić information content (AvgIpc) is 2.56. The Bertz CT molecular complexity index is 621. The molecule has 2 rings (SSSR count). The van der Waals surface area contributed by atoms with Crippen LogP contribution >= 0.6 is 0 Å². The maximum Gasteiger partial charge on any atom is 0.287 e. The van der Waals surface area contributed by atoms with Crippen LogP contribution in [0.25, 0.3) is 0 Å². The fourth-order valence-electron chi connectivity index (χ4n) is 2.07. The van der Waals surface area contributed by atoms with Crippen molar-refractivity contribution in [1.82, 2.24) is 5.32 Å². The van der Waals surface area contributed by atoms with E-state index >= 15 is 0 Å². The second-order valence-electron chi connectivity index (χ2n) is 4.94. The molecule has 2 aromatic carbocycles. The van der Waals surface area contributed by atoms with Gasteiger partial charge in [-0.15, -0.1) is 0 Å². The molecule has 4 nitrogen and oxygen atoms in total. The molecule has 0 radical (unpaired) electrons. The van der Waals surface area contributed by atoms with Gasteiger partial charge in [0.15, 0.2) is 0 Å². The van der Waals surface area contributed by atoms with Crippen molar-refractivity contribution in [3.8, 4) is 5.75 Å². The standard InChI is InChI=1S/C18H19NO3/c1-22-16-9-7-14(8-10-16)11-12-19-18(21)17(20)13-15-5-3-2-4-6-15/h2-10H,11-13H2,1H3,(H,19,21). The minimum Gasteiger partial charge on any atom is -0.497 e. The molecular formula is C18H19NO3. The minimum absolute atomic E-state index is 0.134. The quantitative estimate of drug-likeness (QED) is 0.797. The van der Waals surface area contributed by atoms with Crippen LogP contribution in [0.2, 0.25) is 0 Å². The normalized spacial score (nSPS) is 10.0. The number of amides is 1. The van der Waals surface area contributed by atoms with Crippen LogP contribution in [0.15, 0.2) is 54.6 Å². The Morgan fingerprint density at radius 2 is 1.64 bits per heavy atom. The summed E-state index contributed by atoms with van der Waals surface area (Å²) in [7, 11) is 1.62. The summed E-state index contributed by atoms with van der Waals surface area (Å²) in [5.74, 6) is -0.149. The molecule has 4 heteroatoms. The highest BCUT2D eigenvalue weighted by Crippen LogP contribution is 2.11. The molecule has 2 aromatic rings. The summed E-state index contributed by atoms with van der Waals surface area (Å²) in [5, 5.41) is 2.66. The summed E-state index contributed by atoms with van der Waals surface area (Å²) in [5.41, 5.74) is 1.93. The monoisotopic (exact) mass is 297 g/mol. The smallest absolute Gasteiger partial charge is 0.287 e. The van der Waals surface area contributed by atoms with Crippen molar-refractivity contribution in [2.24, 2.45) is 0 Å². The third kappa shape index (κ3) is 4.74. The maximum atomic E-state index is 11.8. The molecule has 0 bridgehead atoms. The predicted octanol–water partition coefficient (Wildman–Crippen LogP) is 2.17. The Labute approximate surface area is 130 Å². The second kappa shape index (κ2) is 7.98. The lowest BCUT2D eigenvalue weighted by Gasteiger charge is -2.06. The molecule has 0 fully saturated rings. The van der Waals surface area contributed by atoms with Crippen molar-refractivity contribution in [2.75, 3.05) is 13.7 Å². The van der Waals surface area contributed by atoms with E-state index in [-0.39, 0.29) is 6.42 Å². The number of hydrogen-bond donors (Lipinski definition) is 1. The molecule has 22 heavy (non-hydrogen) atoms. The molecule has 1 N–H and O–H groups in total. The van der Waals surface area contributed by atoms with E-state index in [0.717, 1.165) is 16.9 Å². The van der Waals surface area contributed by atoms with Gasteiger partial charge in [0.05, 0.1) is 7.11 Å². The van der Waals surface area contributed by atoms with Gasteiger partial charge in [-0.1, -0.05) is 42.5 Å². The topological polar surface area (TPSA) is 55.4 Å². The van der Waals surface area contributed by atoms with Gasteiger partial charge in [-0.25, -0.2) is 0 Å². The molecule has 1 amide bonds. The van der Waals surface area contributed by atoms with Crippen LogP contribution in [0.1, 0.15) is 11.1 Å². The number of hydrogen-bond acceptors (Lipinski definition) is 3. The summed E-state index contributed by atoms with van der Waals surface area (Å²) in [6.07, 6.45) is 0.809. The Balaban J connectivity index is 1.76. The first kappa shape index (κ1) is 15.8. The summed E-state index contributed by atoms with van der Waals surface area (Å²) in [6, 6.07) is 16.9. The third-order valence-electron chi connectivity index (χ3n) is 3.32. The van der Waals surface area contributed by atoms with Gasteiger partial charge in [0, 0.05) is 13.0 Å². The van der Waals surface area contributed by atoms with Gasteiger partial charge in [-0.3, -0.25) is 9.59 Å². The van der Waals surface area contributed by atoms with E-state index in [1.165, 1.54) is 0 Å². The summed E-state index contributed by atoms with van der Waals surface area (Å²) in [4.78, 5) is 23.6. The van der Waals surface area contributed by atoms with Crippen LogP contribution in [0.4, 0.5) is 0 Å². The first-order chi connectivity index (χ1) is 10.7. The Kier molecular flexibility index (Phi) is 5.72. The number of Topliss-reactive ketones (excluding diaryl/α,β-unsaturated/α-hetero) is 1. The third-order valence-corrected chi connectivity index (χ3v) is 3.32. The number of ketones is 1. The Hall–Kier alpha value is -2.62. The fraction of sp³-hybridized carbons (Fsp3) is 0.222. The highest BCUT2D eigenvalue weighted by molar-refractivity contribution is 6.36. The molecule has 0 saturated heterocycles. The van der Waals surface area contributed by atoms with Gasteiger partial charge in [-0.2, -0.15) is 0 Å². The van der Waals surface area contributed by atoms with Crippen molar-refractivity contribution < 1.29 is 14.3 Å². The minimum atomic E-state index is -0.530. The van der Waals surface area contributed by atoms with Crippen molar-refractivity contribution in [2.45, 2.75) is 12.8 Å². The van der Waals surface area contributed by atoms with E-state index in [1.807, 2.05) is 54.6 Å². The van der Waals surface area contributed by atoms with Crippen molar-refractivity contribution in [1.29, 1.82) is 0 Å². The molecule has 0 unspecified atom stereocenters. The first-order valence-electron chi connectivity index (χ1n) is 7.17. The van der Waals surface area contributed by atoms with E-state index in [9.17, 15) is 9.59 Å². The lowest BCUT2D eigenvalue weighted by atomic mass is 10.1. The van der Waals surface area contributed by atoms with Gasteiger partial charge >= 0.3 is 0 Å². The number of ether oxygens (including phenoxy) is 1. The van der Waals surface area contributed by atoms with E-state index in [4.69, 9.17) is 4.74 Å². The van der Waals surface area contributed by atoms with E-state index < -0.39 is 11.7 Å². The molecule has 0 heterocycles. The SMILES string of the molecule is COc1ccc(CCNC(=O)C(=O)Cc2ccccc2)cc1. The molecule has 114 valence electrons. The van der Waals surface area contributed by atoms with Crippen LogP contribution in [-0.2, 0) is 22.4 Å². The van der Waals surface area contributed by atoms with E-state index in [0.29, 0.717) is 13.0 Å². The van der Waals surface area contributed by atoms with Crippen LogP contribution in [0.3, 0.4) is 0 Å². The Morgan fingerprint density at radius 3 is 2.27 bits per heavy atom. The lowest BCUT2D eigenvalue weighted by molar-refractivity contribution is -0.137. The van der Waals surface area contributed by atoms with Gasteiger partial charge < -0.3 is 10.1 Å². The largest absolute Gasteiger partial charge is 0.497 e. The second-order valence-corrected chi connectivity index (χ2v) is 4.94. The number of nitrogens with one attached hydrogen (secondary N) is 1. The van der Waals surface area contributed by atoms with Crippen molar-refractivity contribution >= 4 is 11.7 Å². The van der Waals surface area contributed by atoms with Crippen molar-refractivity contribution in [3.63, 3.8) is 0 Å². The molecule has 0 aliphatic carbocycles. The molecule has 0 atom stereocenters. The zero-order chi connectivity index (χ0) is 15.8. The summed E-state index contributed by atoms with van der Waals surface area (Å²) >= 11 is 0. The molecule has 0 aliphatic heterocycles. The number of carbonyl (C=O) groups is 2. The predicted molar refractivity (Wildman–Crippen MR) is 84.9 cm³/mol. The average molecular weight is 297 g/mol. The molecular weight excluding hydrogens is 278 g/mol. The van der Waals surface area contributed by atoms with Crippen LogP contribution in [0.5, 0.6) is 5.75 Å². The van der Waals surface area contributed by atoms with E-state index in [2.05, 4.69) is 5.32 Å². The number of benzene rings is 2. The zero-order valence-corrected chi connectivity index (χ0v) is 12.5. The molecule has 0 aliphatic rings. The Morgan fingerprint density at radius 1 is 0.955 bits per heavy atom. The molecule has 0 aromatic heterocycles. The van der Waals surface area contributed by atoms with Gasteiger partial charge in [0.1, 0.15) is 5.75 Å². The van der Waals surface area contributed by atoms with Crippen LogP contribution < -0.4 is 10.1 Å². The van der Waals surface area contributed by atoms with Crippen LogP contribution in [0, 0.1) is 0 Å². The number of carbonyl (C=O) groups excluding carboxylic acids is 2. The fourth-order valence-corrected chi connectivity index (χ4v) is 2.07. The summed E-state index contributed by atoms with van der Waals surface area (Å²) in [6.45, 7) is 0.436. The number of rotatable bonds is 7. The van der Waals surface area contributed by atoms with Crippen molar-refractivity contribution in [3.05, 3.63) is 65.7 Å². The van der Waals surface area contributed by atoms with Gasteiger partial charge in [-0.05, 0) is 29.7 Å².